The summed E-state index contributed by atoms with van der Waals surface area (Å²) in [5.41, 5.74) is 3.85. The SMILES string of the molecule is Cl.Nc1ccccc1S(F)(F)(F)(F)F. The molecule has 1 aromatic carbocycles. The average molecular weight is 256 g/mol. The summed E-state index contributed by atoms with van der Waals surface area (Å²) >= 11 is 0. The molecule has 2 N–H and O–H groups in total. The maximum absolute atomic E-state index is 12.1. The molecule has 0 fully saturated rings. The Morgan fingerprint density at radius 2 is 1.36 bits per heavy atom. The van der Waals surface area contributed by atoms with Crippen molar-refractivity contribution in [1.29, 1.82) is 0 Å². The number of anilines is 1. The summed E-state index contributed by atoms with van der Waals surface area (Å²) in [6, 6.07) is 3.08. The molecule has 0 amide bonds. The van der Waals surface area contributed by atoms with Gasteiger partial charge in [-0.3, -0.25) is 0 Å². The van der Waals surface area contributed by atoms with Crippen LogP contribution in [0.2, 0.25) is 0 Å². The van der Waals surface area contributed by atoms with Gasteiger partial charge in [0, 0.05) is 0 Å². The highest BCUT2D eigenvalue weighted by Gasteiger charge is 2.66. The number of rotatable bonds is 1. The van der Waals surface area contributed by atoms with Crippen LogP contribution in [0, 0.1) is 0 Å². The van der Waals surface area contributed by atoms with Gasteiger partial charge in [0.25, 0.3) is 0 Å². The van der Waals surface area contributed by atoms with E-state index in [-0.39, 0.29) is 18.5 Å². The molecule has 0 aromatic heterocycles. The van der Waals surface area contributed by atoms with Crippen LogP contribution < -0.4 is 5.73 Å². The molecule has 0 bridgehead atoms. The van der Waals surface area contributed by atoms with Crippen molar-refractivity contribution in [2.24, 2.45) is 0 Å². The van der Waals surface area contributed by atoms with E-state index in [9.17, 15) is 19.4 Å². The number of nitrogens with two attached hydrogens (primary N) is 1. The molecule has 1 rings (SSSR count). The Kier molecular flexibility index (Phi) is 2.53. The highest BCUT2D eigenvalue weighted by atomic mass is 35.5. The van der Waals surface area contributed by atoms with Crippen molar-refractivity contribution in [3.63, 3.8) is 0 Å². The van der Waals surface area contributed by atoms with E-state index in [0.717, 1.165) is 18.2 Å². The minimum atomic E-state index is -9.60. The number of hydrogen-bond donors (Lipinski definition) is 1. The monoisotopic (exact) mass is 255 g/mol. The Labute approximate surface area is 83.2 Å². The lowest BCUT2D eigenvalue weighted by Gasteiger charge is -2.41. The largest absolute Gasteiger partial charge is 0.398 e. The second-order valence-corrected chi connectivity index (χ2v) is 4.88. The van der Waals surface area contributed by atoms with Crippen molar-refractivity contribution >= 4 is 28.3 Å². The Balaban J connectivity index is 0.00000169. The quantitative estimate of drug-likeness (QED) is 0.586. The van der Waals surface area contributed by atoms with Crippen LogP contribution >= 0.6 is 22.6 Å². The van der Waals surface area contributed by atoms with Gasteiger partial charge in [-0.1, -0.05) is 31.6 Å². The summed E-state index contributed by atoms with van der Waals surface area (Å²) in [7, 11) is -9.60. The summed E-state index contributed by atoms with van der Waals surface area (Å²) in [5.74, 6) is 0. The van der Waals surface area contributed by atoms with E-state index in [1.54, 1.807) is 0 Å². The molecular formula is C6H7ClF5NS. The fraction of sp³-hybridized carbons (Fsp3) is 0. The molecule has 0 unspecified atom stereocenters. The molecule has 0 aliphatic rings. The first-order valence-corrected chi connectivity index (χ1v) is 5.04. The molecule has 84 valence electrons. The zero-order chi connectivity index (χ0) is 10.4. The molecule has 0 aliphatic heterocycles. The van der Waals surface area contributed by atoms with Gasteiger partial charge in [0.15, 0.2) is 0 Å². The van der Waals surface area contributed by atoms with E-state index in [1.807, 2.05) is 0 Å². The number of nitrogen functional groups attached to an aromatic ring is 1. The number of halogens is 6. The fourth-order valence-corrected chi connectivity index (χ4v) is 1.68. The van der Waals surface area contributed by atoms with E-state index in [4.69, 9.17) is 5.73 Å². The molecule has 8 heteroatoms. The fourth-order valence-electron chi connectivity index (χ4n) is 0.832. The molecule has 0 aliphatic carbocycles. The van der Waals surface area contributed by atoms with Gasteiger partial charge in [0.05, 0.1) is 5.69 Å². The van der Waals surface area contributed by atoms with E-state index in [2.05, 4.69) is 0 Å². The maximum atomic E-state index is 12.1. The molecule has 0 heterocycles. The highest BCUT2D eigenvalue weighted by Crippen LogP contribution is 3.02. The lowest BCUT2D eigenvalue weighted by atomic mass is 10.3. The van der Waals surface area contributed by atoms with Gasteiger partial charge < -0.3 is 5.73 Å². The van der Waals surface area contributed by atoms with Crippen LogP contribution in [-0.4, -0.2) is 0 Å². The lowest BCUT2D eigenvalue weighted by molar-refractivity contribution is 0.365. The Morgan fingerprint density at radius 3 is 1.64 bits per heavy atom. The van der Waals surface area contributed by atoms with Crippen molar-refractivity contribution in [3.05, 3.63) is 24.3 Å². The van der Waals surface area contributed by atoms with E-state index < -0.39 is 20.8 Å². The molecule has 1 aromatic rings. The molecular weight excluding hydrogens is 249 g/mol. The molecule has 14 heavy (non-hydrogen) atoms. The van der Waals surface area contributed by atoms with Crippen LogP contribution in [-0.2, 0) is 0 Å². The van der Waals surface area contributed by atoms with Crippen LogP contribution in [0.15, 0.2) is 29.2 Å². The predicted octanol–water partition coefficient (Wildman–Crippen LogP) is 4.35. The van der Waals surface area contributed by atoms with Gasteiger partial charge in [0.2, 0.25) is 0 Å². The van der Waals surface area contributed by atoms with Gasteiger partial charge in [-0.15, -0.1) is 12.4 Å². The van der Waals surface area contributed by atoms with Crippen LogP contribution in [0.4, 0.5) is 25.1 Å². The normalized spacial score (nSPS) is 16.4. The van der Waals surface area contributed by atoms with Crippen LogP contribution in [0.5, 0.6) is 0 Å². The molecule has 1 nitrogen and oxygen atoms in total. The predicted molar refractivity (Wildman–Crippen MR) is 49.5 cm³/mol. The minimum Gasteiger partial charge on any atom is -0.398 e. The standard InChI is InChI=1S/C6H6F5NS.ClH/c7-13(8,9,10,11)6-4-2-1-3-5(6)12;/h1-4H,12H2;1H. The first-order valence-electron chi connectivity index (χ1n) is 3.09. The van der Waals surface area contributed by atoms with Gasteiger partial charge in [0.1, 0.15) is 4.90 Å². The maximum Gasteiger partial charge on any atom is 0.312 e. The van der Waals surface area contributed by atoms with Crippen molar-refractivity contribution in [2.75, 3.05) is 5.73 Å². The Morgan fingerprint density at radius 1 is 0.929 bits per heavy atom. The summed E-state index contributed by atoms with van der Waals surface area (Å²) in [5, 5.41) is 0. The van der Waals surface area contributed by atoms with E-state index >= 15 is 0 Å². The zero-order valence-corrected chi connectivity index (χ0v) is 8.23. The zero-order valence-electron chi connectivity index (χ0n) is 6.59. The van der Waals surface area contributed by atoms with E-state index in [0.29, 0.717) is 0 Å². The second-order valence-electron chi connectivity index (χ2n) is 2.51. The molecule has 0 saturated heterocycles. The van der Waals surface area contributed by atoms with E-state index in [1.165, 1.54) is 0 Å². The smallest absolute Gasteiger partial charge is 0.312 e. The summed E-state index contributed by atoms with van der Waals surface area (Å²) in [6.07, 6.45) is 0. The minimum absolute atomic E-state index is 0. The van der Waals surface area contributed by atoms with Gasteiger partial charge in [-0.05, 0) is 12.1 Å². The topological polar surface area (TPSA) is 26.0 Å². The lowest BCUT2D eigenvalue weighted by Crippen LogP contribution is -2.08. The van der Waals surface area contributed by atoms with Crippen LogP contribution in [0.1, 0.15) is 0 Å². The molecule has 0 radical (unpaired) electrons. The Hall–Kier alpha value is -0.690. The van der Waals surface area contributed by atoms with Crippen molar-refractivity contribution in [1.82, 2.24) is 0 Å². The van der Waals surface area contributed by atoms with Gasteiger partial charge >= 0.3 is 10.2 Å². The summed E-state index contributed by atoms with van der Waals surface area (Å²) in [4.78, 5) is -2.03. The molecule has 0 saturated carbocycles. The molecule has 0 atom stereocenters. The first-order chi connectivity index (χ1) is 5.50. The number of hydrogen-bond acceptors (Lipinski definition) is 1. The van der Waals surface area contributed by atoms with Gasteiger partial charge in [-0.25, -0.2) is 0 Å². The third-order valence-electron chi connectivity index (χ3n) is 1.33. The number of benzene rings is 1. The van der Waals surface area contributed by atoms with Crippen molar-refractivity contribution < 1.29 is 19.4 Å². The van der Waals surface area contributed by atoms with Crippen LogP contribution in [0.25, 0.3) is 0 Å². The summed E-state index contributed by atoms with van der Waals surface area (Å²) in [6.45, 7) is 0. The summed E-state index contributed by atoms with van der Waals surface area (Å²) < 4.78 is 60.6. The third-order valence-corrected chi connectivity index (χ3v) is 2.54. The second kappa shape index (κ2) is 2.66. The Bertz CT molecular complexity index is 347. The van der Waals surface area contributed by atoms with Gasteiger partial charge in [-0.2, -0.15) is 0 Å². The number of para-hydroxylation sites is 1. The van der Waals surface area contributed by atoms with Crippen LogP contribution in [0.3, 0.4) is 0 Å². The highest BCUT2D eigenvalue weighted by molar-refractivity contribution is 8.45. The first kappa shape index (κ1) is 13.3. The molecule has 0 spiro atoms. The van der Waals surface area contributed by atoms with Crippen molar-refractivity contribution in [2.45, 2.75) is 4.90 Å². The average Bonchev–Trinajstić information content (AvgIpc) is 1.82. The van der Waals surface area contributed by atoms with Crippen molar-refractivity contribution in [3.8, 4) is 0 Å². The third kappa shape index (κ3) is 2.91.